The highest BCUT2D eigenvalue weighted by Crippen LogP contribution is 2.31. The van der Waals surface area contributed by atoms with Crippen molar-refractivity contribution in [2.75, 3.05) is 6.54 Å². The maximum atomic E-state index is 4.50. The van der Waals surface area contributed by atoms with E-state index in [1.807, 2.05) is 6.34 Å². The average Bonchev–Trinajstić information content (AvgIpc) is 2.43. The van der Waals surface area contributed by atoms with Crippen LogP contribution in [0.15, 0.2) is 5.10 Å². The summed E-state index contributed by atoms with van der Waals surface area (Å²) in [6.07, 6.45) is 3.54. The maximum Gasteiger partial charge on any atom is 0.120 e. The van der Waals surface area contributed by atoms with Gasteiger partial charge in [-0.15, -0.1) is 0 Å². The van der Waals surface area contributed by atoms with E-state index in [-0.39, 0.29) is 5.54 Å². The van der Waals surface area contributed by atoms with Crippen LogP contribution in [0.2, 0.25) is 0 Å². The van der Waals surface area contributed by atoms with Gasteiger partial charge in [0.1, 0.15) is 12.5 Å². The fraction of sp³-hybridized carbons (Fsp3) is 0.923. The van der Waals surface area contributed by atoms with E-state index in [0.717, 1.165) is 13.0 Å². The van der Waals surface area contributed by atoms with E-state index in [1.54, 1.807) is 0 Å². The molecule has 0 aromatic heterocycles. The minimum Gasteiger partial charge on any atom is -0.335 e. The molecule has 0 saturated heterocycles. The summed E-state index contributed by atoms with van der Waals surface area (Å²) in [7, 11) is 0. The fourth-order valence-corrected chi connectivity index (χ4v) is 2.08. The molecule has 94 valence electrons. The van der Waals surface area contributed by atoms with Gasteiger partial charge in [-0.05, 0) is 39.5 Å². The van der Waals surface area contributed by atoms with E-state index < -0.39 is 0 Å². The van der Waals surface area contributed by atoms with Crippen LogP contribution in [0.1, 0.15) is 54.9 Å². The summed E-state index contributed by atoms with van der Waals surface area (Å²) in [5.74, 6) is 0. The Balaban J connectivity index is 2.83. The Labute approximate surface area is 100 Å². The summed E-state index contributed by atoms with van der Waals surface area (Å²) in [4.78, 5) is 2.38. The van der Waals surface area contributed by atoms with E-state index in [1.165, 1.54) is 0 Å². The molecule has 0 fully saturated rings. The quantitative estimate of drug-likeness (QED) is 0.719. The Hall–Kier alpha value is -0.730. The molecule has 1 heterocycles. The zero-order valence-electron chi connectivity index (χ0n) is 11.9. The van der Waals surface area contributed by atoms with Gasteiger partial charge in [0.2, 0.25) is 0 Å². The van der Waals surface area contributed by atoms with Gasteiger partial charge in [0.25, 0.3) is 0 Å². The van der Waals surface area contributed by atoms with Gasteiger partial charge in [-0.1, -0.05) is 20.8 Å². The topological polar surface area (TPSA) is 18.8 Å². The molecule has 0 radical (unpaired) electrons. The normalized spacial score (nSPS) is 22.1. The number of hydrogen-bond acceptors (Lipinski definition) is 3. The van der Waals surface area contributed by atoms with E-state index in [4.69, 9.17) is 0 Å². The molecule has 0 spiro atoms. The Morgan fingerprint density at radius 1 is 1.12 bits per heavy atom. The monoisotopic (exact) mass is 225 g/mol. The van der Waals surface area contributed by atoms with Crippen molar-refractivity contribution >= 4 is 6.34 Å². The van der Waals surface area contributed by atoms with Gasteiger partial charge in [-0.25, -0.2) is 0 Å². The third-order valence-electron chi connectivity index (χ3n) is 2.88. The first-order chi connectivity index (χ1) is 7.15. The smallest absolute Gasteiger partial charge is 0.120 e. The van der Waals surface area contributed by atoms with Crippen LogP contribution in [0.25, 0.3) is 0 Å². The third-order valence-corrected chi connectivity index (χ3v) is 2.88. The first kappa shape index (κ1) is 13.3. The zero-order valence-corrected chi connectivity index (χ0v) is 11.9. The molecule has 16 heavy (non-hydrogen) atoms. The van der Waals surface area contributed by atoms with Crippen molar-refractivity contribution in [1.29, 1.82) is 0 Å². The van der Waals surface area contributed by atoms with Crippen molar-refractivity contribution in [1.82, 2.24) is 9.91 Å². The summed E-state index contributed by atoms with van der Waals surface area (Å²) in [6, 6.07) is 0. The van der Waals surface area contributed by atoms with Crippen LogP contribution in [0.4, 0.5) is 0 Å². The van der Waals surface area contributed by atoms with Crippen LogP contribution in [0.5, 0.6) is 0 Å². The van der Waals surface area contributed by atoms with Gasteiger partial charge >= 0.3 is 0 Å². The van der Waals surface area contributed by atoms with Gasteiger partial charge in [0.05, 0.1) is 0 Å². The second-order valence-corrected chi connectivity index (χ2v) is 6.81. The van der Waals surface area contributed by atoms with Crippen molar-refractivity contribution in [3.8, 4) is 0 Å². The lowest BCUT2D eigenvalue weighted by Crippen LogP contribution is -2.50. The fourth-order valence-electron chi connectivity index (χ4n) is 2.08. The number of hydrazone groups is 1. The van der Waals surface area contributed by atoms with E-state index in [2.05, 4.69) is 63.5 Å². The molecule has 1 rings (SSSR count). The lowest BCUT2D eigenvalue weighted by molar-refractivity contribution is 0.0479. The minimum atomic E-state index is 0.142. The molecule has 1 aliphatic heterocycles. The zero-order chi connectivity index (χ0) is 12.6. The SMILES string of the molecule is CCN1N=CN(C(C)(C)C)C1CC(C)(C)C. The molecule has 0 saturated carbocycles. The van der Waals surface area contributed by atoms with Gasteiger partial charge in [0.15, 0.2) is 0 Å². The first-order valence-electron chi connectivity index (χ1n) is 6.24. The highest BCUT2D eigenvalue weighted by atomic mass is 15.6. The molecule has 0 aromatic carbocycles. The van der Waals surface area contributed by atoms with Gasteiger partial charge in [-0.3, -0.25) is 5.01 Å². The summed E-state index contributed by atoms with van der Waals surface area (Å²) in [6.45, 7) is 16.7. The number of hydrogen-bond donors (Lipinski definition) is 0. The van der Waals surface area contributed by atoms with Crippen LogP contribution < -0.4 is 0 Å². The second kappa shape index (κ2) is 4.27. The molecule has 0 N–H and O–H groups in total. The van der Waals surface area contributed by atoms with E-state index in [0.29, 0.717) is 11.6 Å². The van der Waals surface area contributed by atoms with E-state index >= 15 is 0 Å². The summed E-state index contributed by atoms with van der Waals surface area (Å²) >= 11 is 0. The Kier molecular flexibility index (Phi) is 3.56. The minimum absolute atomic E-state index is 0.142. The molecule has 0 bridgehead atoms. The van der Waals surface area contributed by atoms with Crippen LogP contribution >= 0.6 is 0 Å². The molecule has 3 nitrogen and oxygen atoms in total. The van der Waals surface area contributed by atoms with Crippen molar-refractivity contribution in [3.63, 3.8) is 0 Å². The highest BCUT2D eigenvalue weighted by molar-refractivity contribution is 5.58. The lowest BCUT2D eigenvalue weighted by Gasteiger charge is -2.41. The Bertz CT molecular complexity index is 257. The Morgan fingerprint density at radius 3 is 2.06 bits per heavy atom. The maximum absolute atomic E-state index is 4.50. The van der Waals surface area contributed by atoms with E-state index in [9.17, 15) is 0 Å². The molecular formula is C13H27N3. The van der Waals surface area contributed by atoms with Crippen LogP contribution in [-0.2, 0) is 0 Å². The summed E-state index contributed by atoms with van der Waals surface area (Å²) in [5.41, 5.74) is 0.471. The van der Waals surface area contributed by atoms with Gasteiger partial charge in [0, 0.05) is 12.1 Å². The summed E-state index contributed by atoms with van der Waals surface area (Å²) in [5, 5.41) is 6.69. The third kappa shape index (κ3) is 3.13. The molecule has 1 aliphatic rings. The van der Waals surface area contributed by atoms with Crippen molar-refractivity contribution in [3.05, 3.63) is 0 Å². The van der Waals surface area contributed by atoms with Gasteiger partial charge in [-0.2, -0.15) is 5.10 Å². The highest BCUT2D eigenvalue weighted by Gasteiger charge is 2.36. The number of nitrogens with zero attached hydrogens (tertiary/aromatic N) is 3. The van der Waals surface area contributed by atoms with Crippen LogP contribution in [-0.4, -0.2) is 34.5 Å². The number of rotatable bonds is 2. The first-order valence-corrected chi connectivity index (χ1v) is 6.24. The Morgan fingerprint density at radius 2 is 1.69 bits per heavy atom. The van der Waals surface area contributed by atoms with Crippen molar-refractivity contribution in [2.24, 2.45) is 10.5 Å². The molecule has 0 amide bonds. The standard InChI is InChI=1S/C13H27N3/c1-8-16-11(9-12(2,3)4)15(10-14-16)13(5,6)7/h10-11H,8-9H2,1-7H3. The van der Waals surface area contributed by atoms with Crippen LogP contribution in [0, 0.1) is 5.41 Å². The van der Waals surface area contributed by atoms with Gasteiger partial charge < -0.3 is 4.90 Å². The van der Waals surface area contributed by atoms with Crippen LogP contribution in [0.3, 0.4) is 0 Å². The molecule has 1 unspecified atom stereocenters. The molecule has 0 aliphatic carbocycles. The molecule has 1 atom stereocenters. The van der Waals surface area contributed by atoms with Crippen molar-refractivity contribution in [2.45, 2.75) is 66.6 Å². The largest absolute Gasteiger partial charge is 0.335 e. The molecular weight excluding hydrogens is 198 g/mol. The molecule has 0 aromatic rings. The van der Waals surface area contributed by atoms with Crippen molar-refractivity contribution < 1.29 is 0 Å². The average molecular weight is 225 g/mol. The predicted octanol–water partition coefficient (Wildman–Crippen LogP) is 3.13. The predicted molar refractivity (Wildman–Crippen MR) is 70.3 cm³/mol. The second-order valence-electron chi connectivity index (χ2n) is 6.81. The molecule has 3 heteroatoms. The summed E-state index contributed by atoms with van der Waals surface area (Å²) < 4.78 is 0. The lowest BCUT2D eigenvalue weighted by atomic mass is 9.89.